The smallest absolute Gasteiger partial charge is 0.493 e. The van der Waals surface area contributed by atoms with Crippen LogP contribution in [-0.2, 0) is 15.5 Å². The summed E-state index contributed by atoms with van der Waals surface area (Å²) in [6, 6.07) is 1.87. The molecule has 23 heavy (non-hydrogen) atoms. The average Bonchev–Trinajstić information content (AvgIpc) is 2.64. The molecule has 1 saturated heterocycles. The molecule has 128 valence electrons. The molecule has 0 bridgehead atoms. The maximum absolute atomic E-state index is 13.1. The van der Waals surface area contributed by atoms with Gasteiger partial charge in [0.15, 0.2) is 11.5 Å². The lowest BCUT2D eigenvalue weighted by Gasteiger charge is -2.32. The van der Waals surface area contributed by atoms with Gasteiger partial charge >= 0.3 is 13.3 Å². The third kappa shape index (κ3) is 3.14. The number of benzene rings is 1. The molecular formula is C15H20BF3O4. The number of hydrogen-bond donors (Lipinski definition) is 0. The fourth-order valence-corrected chi connectivity index (χ4v) is 2.30. The van der Waals surface area contributed by atoms with E-state index in [0.717, 1.165) is 12.1 Å². The topological polar surface area (TPSA) is 36.9 Å². The fourth-order valence-electron chi connectivity index (χ4n) is 2.30. The summed E-state index contributed by atoms with van der Waals surface area (Å²) in [7, 11) is 1.66. The van der Waals surface area contributed by atoms with Gasteiger partial charge in [-0.15, -0.1) is 0 Å². The molecule has 0 aliphatic carbocycles. The number of hydrogen-bond acceptors (Lipinski definition) is 4. The van der Waals surface area contributed by atoms with E-state index in [0.29, 0.717) is 0 Å². The highest BCUT2D eigenvalue weighted by Crippen LogP contribution is 2.40. The first-order chi connectivity index (χ1) is 10.4. The lowest BCUT2D eigenvalue weighted by molar-refractivity contribution is -0.137. The van der Waals surface area contributed by atoms with E-state index < -0.39 is 30.1 Å². The van der Waals surface area contributed by atoms with Gasteiger partial charge in [-0.1, -0.05) is 0 Å². The van der Waals surface area contributed by atoms with Crippen molar-refractivity contribution in [3.8, 4) is 11.5 Å². The van der Waals surface area contributed by atoms with Crippen LogP contribution in [0.1, 0.15) is 33.3 Å². The molecule has 1 aromatic carbocycles. The van der Waals surface area contributed by atoms with Crippen LogP contribution in [0.5, 0.6) is 11.5 Å². The van der Waals surface area contributed by atoms with Crippen molar-refractivity contribution in [3.63, 3.8) is 0 Å². The summed E-state index contributed by atoms with van der Waals surface area (Å²) in [5.74, 6) is 0.144. The Balaban J connectivity index is 2.57. The Morgan fingerprint density at radius 3 is 1.87 bits per heavy atom. The van der Waals surface area contributed by atoms with Crippen molar-refractivity contribution in [2.24, 2.45) is 0 Å². The molecule has 1 aliphatic rings. The van der Waals surface area contributed by atoms with Gasteiger partial charge in [-0.25, -0.2) is 0 Å². The molecule has 1 aromatic rings. The minimum absolute atomic E-state index is 0.0213. The number of halogens is 3. The van der Waals surface area contributed by atoms with E-state index in [-0.39, 0.29) is 17.0 Å². The van der Waals surface area contributed by atoms with Gasteiger partial charge in [0.25, 0.3) is 0 Å². The first-order valence-electron chi connectivity index (χ1n) is 7.11. The minimum atomic E-state index is -4.52. The van der Waals surface area contributed by atoms with Crippen LogP contribution in [0.15, 0.2) is 12.1 Å². The minimum Gasteiger partial charge on any atom is -0.493 e. The van der Waals surface area contributed by atoms with Crippen LogP contribution in [0.4, 0.5) is 13.2 Å². The zero-order valence-corrected chi connectivity index (χ0v) is 14.0. The number of ether oxygens (including phenoxy) is 2. The lowest BCUT2D eigenvalue weighted by Crippen LogP contribution is -2.41. The lowest BCUT2D eigenvalue weighted by atomic mass is 9.77. The second-order valence-electron chi connectivity index (χ2n) is 6.39. The SMILES string of the molecule is COc1cc(C(F)(F)F)cc(B2OC(C)(C)C(C)(C)O2)c1OC. The van der Waals surface area contributed by atoms with Crippen LogP contribution >= 0.6 is 0 Å². The summed E-state index contributed by atoms with van der Waals surface area (Å²) >= 11 is 0. The van der Waals surface area contributed by atoms with Gasteiger partial charge in [0, 0.05) is 5.46 Å². The highest BCUT2D eigenvalue weighted by Gasteiger charge is 2.53. The predicted molar refractivity (Wildman–Crippen MR) is 80.3 cm³/mol. The van der Waals surface area contributed by atoms with Crippen LogP contribution in [0.3, 0.4) is 0 Å². The molecule has 0 radical (unpaired) electrons. The van der Waals surface area contributed by atoms with Crippen molar-refractivity contribution in [3.05, 3.63) is 17.7 Å². The first kappa shape index (κ1) is 17.9. The summed E-state index contributed by atoms with van der Waals surface area (Å²) in [4.78, 5) is 0. The Labute approximate surface area is 134 Å². The van der Waals surface area contributed by atoms with Gasteiger partial charge in [-0.05, 0) is 39.8 Å². The Kier molecular flexibility index (Phi) is 4.36. The molecule has 0 saturated carbocycles. The van der Waals surface area contributed by atoms with Gasteiger partial charge in [-0.2, -0.15) is 13.2 Å². The van der Waals surface area contributed by atoms with E-state index in [1.165, 1.54) is 14.2 Å². The average molecular weight is 332 g/mol. The van der Waals surface area contributed by atoms with Crippen molar-refractivity contribution >= 4 is 12.6 Å². The van der Waals surface area contributed by atoms with E-state index in [2.05, 4.69) is 0 Å². The van der Waals surface area contributed by atoms with E-state index in [4.69, 9.17) is 18.8 Å². The van der Waals surface area contributed by atoms with Crippen LogP contribution in [0.2, 0.25) is 0 Å². The molecular weight excluding hydrogens is 312 g/mol. The monoisotopic (exact) mass is 332 g/mol. The molecule has 0 amide bonds. The molecule has 1 fully saturated rings. The van der Waals surface area contributed by atoms with Gasteiger partial charge < -0.3 is 18.8 Å². The number of alkyl halides is 3. The molecule has 2 rings (SSSR count). The van der Waals surface area contributed by atoms with Crippen molar-refractivity contribution in [2.45, 2.75) is 45.1 Å². The Bertz CT molecular complexity index is 583. The molecule has 0 unspecified atom stereocenters. The Hall–Kier alpha value is -1.41. The largest absolute Gasteiger partial charge is 0.498 e. The van der Waals surface area contributed by atoms with Crippen molar-refractivity contribution < 1.29 is 32.0 Å². The first-order valence-corrected chi connectivity index (χ1v) is 7.11. The zero-order valence-electron chi connectivity index (χ0n) is 14.0. The maximum atomic E-state index is 13.1. The van der Waals surface area contributed by atoms with Gasteiger partial charge in [-0.3, -0.25) is 0 Å². The van der Waals surface area contributed by atoms with Gasteiger partial charge in [0.2, 0.25) is 0 Å². The molecule has 8 heteroatoms. The number of rotatable bonds is 3. The van der Waals surface area contributed by atoms with Crippen LogP contribution in [-0.4, -0.2) is 32.5 Å². The quantitative estimate of drug-likeness (QED) is 0.798. The fraction of sp³-hybridized carbons (Fsp3) is 0.600. The summed E-state index contributed by atoms with van der Waals surface area (Å²) in [6.07, 6.45) is -4.52. The van der Waals surface area contributed by atoms with E-state index in [1.807, 2.05) is 27.7 Å². The number of methoxy groups -OCH3 is 2. The standard InChI is InChI=1S/C15H20BF3O4/c1-13(2)14(3,4)23-16(22-13)10-7-9(15(17,18)19)8-11(20-5)12(10)21-6/h7-8H,1-6H3. The van der Waals surface area contributed by atoms with Gasteiger partial charge in [0.05, 0.1) is 31.0 Å². The predicted octanol–water partition coefficient (Wildman–Crippen LogP) is 3.02. The highest BCUT2D eigenvalue weighted by atomic mass is 19.4. The highest BCUT2D eigenvalue weighted by molar-refractivity contribution is 6.63. The second kappa shape index (κ2) is 5.59. The van der Waals surface area contributed by atoms with E-state index >= 15 is 0 Å². The summed E-state index contributed by atoms with van der Waals surface area (Å²) in [6.45, 7) is 7.29. The Morgan fingerprint density at radius 2 is 1.48 bits per heavy atom. The third-order valence-electron chi connectivity index (χ3n) is 4.34. The molecule has 0 spiro atoms. The maximum Gasteiger partial charge on any atom is 0.498 e. The molecule has 0 aromatic heterocycles. The molecule has 0 N–H and O–H groups in total. The van der Waals surface area contributed by atoms with Crippen molar-refractivity contribution in [1.82, 2.24) is 0 Å². The summed E-state index contributed by atoms with van der Waals surface area (Å²) in [5, 5.41) is 0. The van der Waals surface area contributed by atoms with Gasteiger partial charge in [0.1, 0.15) is 0 Å². The van der Waals surface area contributed by atoms with Crippen molar-refractivity contribution in [1.29, 1.82) is 0 Å². The van der Waals surface area contributed by atoms with E-state index in [9.17, 15) is 13.2 Å². The molecule has 1 heterocycles. The molecule has 4 nitrogen and oxygen atoms in total. The summed E-state index contributed by atoms with van der Waals surface area (Å²) in [5.41, 5.74) is -2.05. The normalized spacial score (nSPS) is 19.8. The molecule has 1 aliphatic heterocycles. The zero-order chi connectivity index (χ0) is 17.6. The second-order valence-corrected chi connectivity index (χ2v) is 6.39. The van der Waals surface area contributed by atoms with Crippen molar-refractivity contribution in [2.75, 3.05) is 14.2 Å². The Morgan fingerprint density at radius 1 is 0.957 bits per heavy atom. The van der Waals surface area contributed by atoms with Crippen LogP contribution in [0, 0.1) is 0 Å². The van der Waals surface area contributed by atoms with Crippen LogP contribution < -0.4 is 14.9 Å². The van der Waals surface area contributed by atoms with Crippen LogP contribution in [0.25, 0.3) is 0 Å². The molecule has 0 atom stereocenters. The summed E-state index contributed by atoms with van der Waals surface area (Å²) < 4.78 is 61.3. The third-order valence-corrected chi connectivity index (χ3v) is 4.34. The van der Waals surface area contributed by atoms with E-state index in [1.54, 1.807) is 0 Å².